The molecular weight excluding hydrogens is 437 g/mol. The highest BCUT2D eigenvalue weighted by Gasteiger charge is 2.30. The number of carbonyl (C=O) groups is 1. The number of pyridine rings is 1. The number of nitrogens with zero attached hydrogens (tertiary/aromatic N) is 4. The third-order valence-corrected chi connectivity index (χ3v) is 6.74. The summed E-state index contributed by atoms with van der Waals surface area (Å²) in [5.74, 6) is 1.26. The van der Waals surface area contributed by atoms with Gasteiger partial charge in [0.1, 0.15) is 5.82 Å². The fourth-order valence-corrected chi connectivity index (χ4v) is 4.67. The zero-order valence-corrected chi connectivity index (χ0v) is 18.1. The van der Waals surface area contributed by atoms with Crippen molar-refractivity contribution in [3.63, 3.8) is 0 Å². The van der Waals surface area contributed by atoms with Crippen LogP contribution >= 0.6 is 46.3 Å². The van der Waals surface area contributed by atoms with E-state index in [4.69, 9.17) is 23.2 Å². The molecule has 1 amide bonds. The van der Waals surface area contributed by atoms with Crippen molar-refractivity contribution in [3.05, 3.63) is 50.0 Å². The molecule has 1 aliphatic carbocycles. The largest absolute Gasteiger partial charge is 0.309 e. The smallest absolute Gasteiger partial charge is 0.236 e. The van der Waals surface area contributed by atoms with Crippen molar-refractivity contribution in [2.75, 3.05) is 11.1 Å². The minimum Gasteiger partial charge on any atom is -0.309 e. The number of thiophene rings is 1. The maximum atomic E-state index is 12.4. The molecule has 146 valence electrons. The van der Waals surface area contributed by atoms with E-state index in [0.717, 1.165) is 30.2 Å². The number of aromatic nitrogens is 4. The summed E-state index contributed by atoms with van der Waals surface area (Å²) in [6, 6.07) is 6.15. The molecule has 1 N–H and O–H groups in total. The summed E-state index contributed by atoms with van der Waals surface area (Å²) in [4.78, 5) is 17.9. The summed E-state index contributed by atoms with van der Waals surface area (Å²) in [6.07, 6.45) is 3.01. The molecule has 0 radical (unpaired) electrons. The second kappa shape index (κ2) is 8.41. The lowest BCUT2D eigenvalue weighted by Gasteiger charge is -2.09. The zero-order chi connectivity index (χ0) is 19.7. The van der Waals surface area contributed by atoms with Crippen LogP contribution in [-0.2, 0) is 11.2 Å². The van der Waals surface area contributed by atoms with Gasteiger partial charge < -0.3 is 9.88 Å². The van der Waals surface area contributed by atoms with Gasteiger partial charge >= 0.3 is 0 Å². The fourth-order valence-electron chi connectivity index (χ4n) is 2.74. The first kappa shape index (κ1) is 19.7. The van der Waals surface area contributed by atoms with Gasteiger partial charge in [0.15, 0.2) is 11.0 Å². The van der Waals surface area contributed by atoms with Crippen LogP contribution in [0.3, 0.4) is 0 Å². The maximum absolute atomic E-state index is 12.4. The van der Waals surface area contributed by atoms with Gasteiger partial charge in [-0.1, -0.05) is 41.0 Å². The molecule has 1 saturated carbocycles. The summed E-state index contributed by atoms with van der Waals surface area (Å²) in [7, 11) is 0. The molecule has 0 unspecified atom stereocenters. The average Bonchev–Trinajstić information content (AvgIpc) is 3.21. The van der Waals surface area contributed by atoms with Crippen molar-refractivity contribution in [1.82, 2.24) is 19.7 Å². The lowest BCUT2D eigenvalue weighted by atomic mass is 10.3. The van der Waals surface area contributed by atoms with E-state index in [9.17, 15) is 4.79 Å². The van der Waals surface area contributed by atoms with Gasteiger partial charge in [0.25, 0.3) is 0 Å². The van der Waals surface area contributed by atoms with Gasteiger partial charge in [0, 0.05) is 17.3 Å². The Balaban J connectivity index is 1.43. The number of rotatable bonds is 7. The molecule has 0 aliphatic heterocycles. The number of amides is 1. The number of halogens is 2. The van der Waals surface area contributed by atoms with Crippen molar-refractivity contribution < 1.29 is 4.79 Å². The molecule has 4 rings (SSSR count). The molecule has 0 spiro atoms. The Morgan fingerprint density at radius 2 is 2.18 bits per heavy atom. The summed E-state index contributed by atoms with van der Waals surface area (Å²) in [6.45, 7) is 1.76. The lowest BCUT2D eigenvalue weighted by Crippen LogP contribution is -2.16. The molecule has 0 aromatic carbocycles. The zero-order valence-electron chi connectivity index (χ0n) is 15.0. The molecule has 3 aromatic rings. The van der Waals surface area contributed by atoms with Gasteiger partial charge in [-0.3, -0.25) is 4.79 Å². The van der Waals surface area contributed by atoms with Crippen LogP contribution in [0.2, 0.25) is 10.0 Å². The van der Waals surface area contributed by atoms with Gasteiger partial charge in [-0.05, 0) is 37.3 Å². The number of aryl methyl sites for hydroxylation is 1. The number of hydrogen-bond donors (Lipinski definition) is 1. The maximum Gasteiger partial charge on any atom is 0.236 e. The summed E-state index contributed by atoms with van der Waals surface area (Å²) >= 11 is 15.2. The van der Waals surface area contributed by atoms with Crippen molar-refractivity contribution in [3.8, 4) is 0 Å². The quantitative estimate of drug-likeness (QED) is 0.509. The Labute approximate surface area is 180 Å². The van der Waals surface area contributed by atoms with E-state index >= 15 is 0 Å². The summed E-state index contributed by atoms with van der Waals surface area (Å²) < 4.78 is 2.18. The molecule has 1 fully saturated rings. The Hall–Kier alpha value is -1.61. The van der Waals surface area contributed by atoms with Crippen LogP contribution in [-0.4, -0.2) is 31.4 Å². The molecule has 3 aromatic heterocycles. The Morgan fingerprint density at radius 1 is 1.36 bits per heavy atom. The Bertz CT molecular complexity index is 1000. The van der Waals surface area contributed by atoms with Gasteiger partial charge in [0.05, 0.1) is 21.5 Å². The molecule has 0 bridgehead atoms. The van der Waals surface area contributed by atoms with Crippen molar-refractivity contribution in [1.29, 1.82) is 0 Å². The van der Waals surface area contributed by atoms with E-state index in [1.165, 1.54) is 16.6 Å². The highest BCUT2D eigenvalue weighted by atomic mass is 35.5. The third kappa shape index (κ3) is 4.51. The van der Waals surface area contributed by atoms with Gasteiger partial charge in [-0.2, -0.15) is 0 Å². The average molecular weight is 454 g/mol. The van der Waals surface area contributed by atoms with Crippen LogP contribution in [0.25, 0.3) is 0 Å². The van der Waals surface area contributed by atoms with Crippen molar-refractivity contribution in [2.24, 2.45) is 0 Å². The van der Waals surface area contributed by atoms with Crippen LogP contribution in [0.15, 0.2) is 28.7 Å². The van der Waals surface area contributed by atoms with Crippen LogP contribution < -0.4 is 5.32 Å². The topological polar surface area (TPSA) is 72.7 Å². The monoisotopic (exact) mass is 453 g/mol. The van der Waals surface area contributed by atoms with Crippen LogP contribution in [0.5, 0.6) is 0 Å². The number of anilines is 1. The third-order valence-electron chi connectivity index (χ3n) is 4.25. The minimum absolute atomic E-state index is 0.198. The molecule has 10 heteroatoms. The van der Waals surface area contributed by atoms with E-state index in [-0.39, 0.29) is 11.7 Å². The second-order valence-corrected chi connectivity index (χ2v) is 9.27. The highest BCUT2D eigenvalue weighted by molar-refractivity contribution is 7.99. The fraction of sp³-hybridized carbons (Fsp3) is 0.333. The first-order chi connectivity index (χ1) is 13.5. The van der Waals surface area contributed by atoms with Crippen LogP contribution in [0.1, 0.15) is 35.3 Å². The van der Waals surface area contributed by atoms with Crippen molar-refractivity contribution >= 4 is 58.0 Å². The molecule has 3 heterocycles. The number of carbonyl (C=O) groups excluding carboxylic acids is 1. The first-order valence-electron chi connectivity index (χ1n) is 8.72. The van der Waals surface area contributed by atoms with Gasteiger partial charge in [-0.25, -0.2) is 4.98 Å². The van der Waals surface area contributed by atoms with Crippen LogP contribution in [0.4, 0.5) is 5.82 Å². The molecule has 0 saturated heterocycles. The van der Waals surface area contributed by atoms with E-state index in [1.807, 2.05) is 6.07 Å². The van der Waals surface area contributed by atoms with Gasteiger partial charge in [-0.15, -0.1) is 21.5 Å². The molecular formula is C18H17Cl2N5OS2. The summed E-state index contributed by atoms with van der Waals surface area (Å²) in [5, 5.41) is 15.0. The second-order valence-electron chi connectivity index (χ2n) is 6.48. The highest BCUT2D eigenvalue weighted by Crippen LogP contribution is 2.39. The van der Waals surface area contributed by atoms with Gasteiger partial charge in [0.2, 0.25) is 5.91 Å². The predicted molar refractivity (Wildman–Crippen MR) is 114 cm³/mol. The van der Waals surface area contributed by atoms with E-state index < -0.39 is 0 Å². The Kier molecular flexibility index (Phi) is 5.91. The van der Waals surface area contributed by atoms with Crippen LogP contribution in [0, 0.1) is 6.92 Å². The molecule has 1 aliphatic rings. The first-order valence-corrected chi connectivity index (χ1v) is 11.3. The summed E-state index contributed by atoms with van der Waals surface area (Å²) in [5.41, 5.74) is 0.612. The SMILES string of the molecule is Cc1nc(NC(=O)CSc2nnc(Cc3cccs3)n2C2CC2)c(Cl)cc1Cl. The minimum atomic E-state index is -0.203. The number of hydrogen-bond acceptors (Lipinski definition) is 6. The normalized spacial score (nSPS) is 13.7. The van der Waals surface area contributed by atoms with E-state index in [1.54, 1.807) is 24.3 Å². The molecule has 28 heavy (non-hydrogen) atoms. The molecule has 0 atom stereocenters. The number of thioether (sulfide) groups is 1. The Morgan fingerprint density at radius 3 is 2.89 bits per heavy atom. The lowest BCUT2D eigenvalue weighted by molar-refractivity contribution is -0.113. The van der Waals surface area contributed by atoms with E-state index in [0.29, 0.717) is 27.6 Å². The number of nitrogens with one attached hydrogen (secondary N) is 1. The molecule has 6 nitrogen and oxygen atoms in total. The van der Waals surface area contributed by atoms with Crippen molar-refractivity contribution in [2.45, 2.75) is 37.4 Å². The standard InChI is InChI=1S/C18H17Cl2N5OS2/c1-10-13(19)8-14(20)17(21-10)22-16(26)9-28-18-24-23-15(25(18)11-4-5-11)7-12-3-2-6-27-12/h2-3,6,8,11H,4-5,7,9H2,1H3,(H,21,22,26). The predicted octanol–water partition coefficient (Wildman–Crippen LogP) is 5.01. The van der Waals surface area contributed by atoms with E-state index in [2.05, 4.69) is 36.5 Å².